The van der Waals surface area contributed by atoms with Gasteiger partial charge in [-0.15, -0.1) is 0 Å². The highest BCUT2D eigenvalue weighted by molar-refractivity contribution is 5.78. The van der Waals surface area contributed by atoms with Gasteiger partial charge in [-0.3, -0.25) is 9.48 Å². The van der Waals surface area contributed by atoms with Gasteiger partial charge in [0.25, 0.3) is 0 Å². The minimum Gasteiger partial charge on any atom is -0.381 e. The van der Waals surface area contributed by atoms with E-state index in [2.05, 4.69) is 15.3 Å². The Balaban J connectivity index is 1.43. The van der Waals surface area contributed by atoms with Gasteiger partial charge < -0.3 is 15.0 Å². The molecule has 2 aliphatic rings. The van der Waals surface area contributed by atoms with Crippen LogP contribution in [0.4, 0.5) is 0 Å². The Labute approximate surface area is 138 Å². The summed E-state index contributed by atoms with van der Waals surface area (Å²) in [5.41, 5.74) is 2.04. The van der Waals surface area contributed by atoms with Crippen LogP contribution in [0.25, 0.3) is 0 Å². The summed E-state index contributed by atoms with van der Waals surface area (Å²) in [5.74, 6) is 0.343. The van der Waals surface area contributed by atoms with Gasteiger partial charge in [-0.1, -0.05) is 0 Å². The Morgan fingerprint density at radius 1 is 1.30 bits per heavy atom. The Morgan fingerprint density at radius 2 is 2.00 bits per heavy atom. The maximum absolute atomic E-state index is 12.4. The van der Waals surface area contributed by atoms with Gasteiger partial charge in [-0.2, -0.15) is 5.10 Å². The number of aryl methyl sites for hydroxylation is 2. The predicted octanol–water partition coefficient (Wildman–Crippen LogP) is 1.24. The number of carbonyl (C=O) groups is 1. The second-order valence-corrected chi connectivity index (χ2v) is 6.77. The minimum absolute atomic E-state index is 0.153. The molecule has 6 heteroatoms. The Hall–Kier alpha value is -1.40. The number of rotatable bonds is 4. The van der Waals surface area contributed by atoms with Crippen LogP contribution in [0.15, 0.2) is 6.07 Å². The number of amides is 1. The number of nitrogens with zero attached hydrogens (tertiary/aromatic N) is 3. The van der Waals surface area contributed by atoms with Crippen molar-refractivity contribution in [2.75, 3.05) is 26.3 Å². The van der Waals surface area contributed by atoms with E-state index in [-0.39, 0.29) is 11.8 Å². The average Bonchev–Trinajstić information content (AvgIpc) is 2.91. The third-order valence-corrected chi connectivity index (χ3v) is 5.15. The molecule has 3 rings (SSSR count). The normalized spacial score (nSPS) is 21.5. The number of likely N-dealkylation sites (tertiary alicyclic amines) is 1. The summed E-state index contributed by atoms with van der Waals surface area (Å²) in [6, 6.07) is 2.68. The predicted molar refractivity (Wildman–Crippen MR) is 87.9 cm³/mol. The first-order valence-corrected chi connectivity index (χ1v) is 8.72. The van der Waals surface area contributed by atoms with E-state index in [0.29, 0.717) is 12.6 Å². The van der Waals surface area contributed by atoms with E-state index in [1.165, 1.54) is 0 Å². The summed E-state index contributed by atoms with van der Waals surface area (Å²) in [6.45, 7) is 6.37. The summed E-state index contributed by atoms with van der Waals surface area (Å²) in [4.78, 5) is 14.9. The SMILES string of the molecule is Cc1cc(CNC(=O)C2CCN(C3CCOCC3)CC2)n(C)n1. The van der Waals surface area contributed by atoms with Gasteiger partial charge in [0.1, 0.15) is 0 Å². The molecule has 0 radical (unpaired) electrons. The maximum Gasteiger partial charge on any atom is 0.223 e. The Kier molecular flexibility index (Phi) is 5.33. The fraction of sp³-hybridized carbons (Fsp3) is 0.765. The van der Waals surface area contributed by atoms with Crippen LogP contribution in [-0.2, 0) is 23.1 Å². The summed E-state index contributed by atoms with van der Waals surface area (Å²) in [5, 5.41) is 7.39. The second kappa shape index (κ2) is 7.45. The maximum atomic E-state index is 12.4. The molecular weight excluding hydrogens is 292 g/mol. The molecule has 1 aromatic heterocycles. The van der Waals surface area contributed by atoms with Crippen molar-refractivity contribution in [1.29, 1.82) is 0 Å². The largest absolute Gasteiger partial charge is 0.381 e. The molecule has 0 atom stereocenters. The van der Waals surface area contributed by atoms with Crippen molar-refractivity contribution in [3.63, 3.8) is 0 Å². The van der Waals surface area contributed by atoms with Crippen molar-refractivity contribution in [3.8, 4) is 0 Å². The van der Waals surface area contributed by atoms with Crippen LogP contribution in [0.2, 0.25) is 0 Å². The number of piperidine rings is 1. The first-order chi connectivity index (χ1) is 11.1. The second-order valence-electron chi connectivity index (χ2n) is 6.77. The number of hydrogen-bond acceptors (Lipinski definition) is 4. The fourth-order valence-electron chi connectivity index (χ4n) is 3.73. The van der Waals surface area contributed by atoms with Crippen LogP contribution < -0.4 is 5.32 Å². The molecule has 1 amide bonds. The quantitative estimate of drug-likeness (QED) is 0.907. The highest BCUT2D eigenvalue weighted by atomic mass is 16.5. The lowest BCUT2D eigenvalue weighted by molar-refractivity contribution is -0.127. The molecule has 3 heterocycles. The molecule has 1 N–H and O–H groups in total. The zero-order valence-electron chi connectivity index (χ0n) is 14.3. The zero-order chi connectivity index (χ0) is 16.2. The molecule has 2 aliphatic heterocycles. The monoisotopic (exact) mass is 320 g/mol. The van der Waals surface area contributed by atoms with Crippen LogP contribution in [0, 0.1) is 12.8 Å². The molecular formula is C17H28N4O2. The van der Waals surface area contributed by atoms with Gasteiger partial charge in [-0.05, 0) is 51.8 Å². The van der Waals surface area contributed by atoms with Crippen molar-refractivity contribution < 1.29 is 9.53 Å². The van der Waals surface area contributed by atoms with Crippen LogP contribution in [0.1, 0.15) is 37.1 Å². The van der Waals surface area contributed by atoms with E-state index in [0.717, 1.165) is 63.4 Å². The fourth-order valence-corrected chi connectivity index (χ4v) is 3.73. The zero-order valence-corrected chi connectivity index (χ0v) is 14.3. The van der Waals surface area contributed by atoms with E-state index >= 15 is 0 Å². The van der Waals surface area contributed by atoms with Gasteiger partial charge in [0.15, 0.2) is 0 Å². The number of nitrogens with one attached hydrogen (secondary N) is 1. The number of hydrogen-bond donors (Lipinski definition) is 1. The highest BCUT2D eigenvalue weighted by Gasteiger charge is 2.29. The first-order valence-electron chi connectivity index (χ1n) is 8.72. The van der Waals surface area contributed by atoms with Crippen molar-refractivity contribution in [2.24, 2.45) is 13.0 Å². The van der Waals surface area contributed by atoms with E-state index in [1.54, 1.807) is 0 Å². The van der Waals surface area contributed by atoms with Crippen LogP contribution >= 0.6 is 0 Å². The standard InChI is InChI=1S/C17H28N4O2/c1-13-11-16(20(2)19-13)12-18-17(22)14-3-7-21(8-4-14)15-5-9-23-10-6-15/h11,14-15H,3-10,12H2,1-2H3,(H,18,22). The van der Waals surface area contributed by atoms with Gasteiger partial charge in [-0.25, -0.2) is 0 Å². The van der Waals surface area contributed by atoms with Gasteiger partial charge in [0, 0.05) is 32.2 Å². The molecule has 23 heavy (non-hydrogen) atoms. The minimum atomic E-state index is 0.153. The van der Waals surface area contributed by atoms with E-state index in [1.807, 2.05) is 24.7 Å². The summed E-state index contributed by atoms with van der Waals surface area (Å²) in [6.07, 6.45) is 4.20. The smallest absolute Gasteiger partial charge is 0.223 e. The van der Waals surface area contributed by atoms with E-state index < -0.39 is 0 Å². The van der Waals surface area contributed by atoms with Crippen molar-refractivity contribution in [2.45, 2.75) is 45.2 Å². The molecule has 0 unspecified atom stereocenters. The Morgan fingerprint density at radius 3 is 2.61 bits per heavy atom. The molecule has 2 saturated heterocycles. The van der Waals surface area contributed by atoms with Gasteiger partial charge in [0.2, 0.25) is 5.91 Å². The topological polar surface area (TPSA) is 59.4 Å². The molecule has 0 spiro atoms. The highest BCUT2D eigenvalue weighted by Crippen LogP contribution is 2.23. The number of carbonyl (C=O) groups excluding carboxylic acids is 1. The summed E-state index contributed by atoms with van der Waals surface area (Å²) in [7, 11) is 1.92. The van der Waals surface area contributed by atoms with Crippen LogP contribution in [-0.4, -0.2) is 52.9 Å². The average molecular weight is 320 g/mol. The summed E-state index contributed by atoms with van der Waals surface area (Å²) < 4.78 is 7.27. The van der Waals surface area contributed by atoms with Crippen molar-refractivity contribution in [3.05, 3.63) is 17.5 Å². The van der Waals surface area contributed by atoms with Crippen molar-refractivity contribution in [1.82, 2.24) is 20.0 Å². The molecule has 0 bridgehead atoms. The third-order valence-electron chi connectivity index (χ3n) is 5.15. The first kappa shape index (κ1) is 16.5. The molecule has 128 valence electrons. The lowest BCUT2D eigenvalue weighted by Gasteiger charge is -2.38. The van der Waals surface area contributed by atoms with E-state index in [4.69, 9.17) is 4.74 Å². The van der Waals surface area contributed by atoms with Crippen molar-refractivity contribution >= 4 is 5.91 Å². The lowest BCUT2D eigenvalue weighted by Crippen LogP contribution is -2.46. The number of aromatic nitrogens is 2. The summed E-state index contributed by atoms with van der Waals surface area (Å²) >= 11 is 0. The molecule has 6 nitrogen and oxygen atoms in total. The van der Waals surface area contributed by atoms with E-state index in [9.17, 15) is 4.79 Å². The van der Waals surface area contributed by atoms with Gasteiger partial charge in [0.05, 0.1) is 17.9 Å². The molecule has 0 saturated carbocycles. The molecule has 0 aliphatic carbocycles. The molecule has 0 aromatic carbocycles. The third kappa shape index (κ3) is 4.12. The number of ether oxygens (including phenoxy) is 1. The Bertz CT molecular complexity index is 529. The molecule has 2 fully saturated rings. The van der Waals surface area contributed by atoms with Crippen LogP contribution in [0.3, 0.4) is 0 Å². The lowest BCUT2D eigenvalue weighted by atomic mass is 9.93. The van der Waals surface area contributed by atoms with Gasteiger partial charge >= 0.3 is 0 Å². The molecule has 1 aromatic rings. The van der Waals surface area contributed by atoms with Crippen LogP contribution in [0.5, 0.6) is 0 Å².